The second-order valence-corrected chi connectivity index (χ2v) is 9.04. The molecule has 28 heavy (non-hydrogen) atoms. The standard InChI is InChI=1S/C20H25ClN2O4S/c1-14(2)27-19-10-5-7-16(11-19)13-22-20(24)15(3)23(28(4,25)26)18-9-6-8-17(21)12-18/h5-12,14-15H,13H2,1-4H3,(H,22,24)/t15-/m0/s1. The summed E-state index contributed by atoms with van der Waals surface area (Å²) in [7, 11) is -3.69. The van der Waals surface area contributed by atoms with Crippen LogP contribution in [0.5, 0.6) is 5.75 Å². The molecule has 1 amide bonds. The van der Waals surface area contributed by atoms with Crippen molar-refractivity contribution in [1.29, 1.82) is 0 Å². The molecule has 2 aromatic rings. The van der Waals surface area contributed by atoms with Crippen LogP contribution in [0.15, 0.2) is 48.5 Å². The van der Waals surface area contributed by atoms with E-state index in [2.05, 4.69) is 5.32 Å². The molecule has 2 rings (SSSR count). The lowest BCUT2D eigenvalue weighted by molar-refractivity contribution is -0.122. The van der Waals surface area contributed by atoms with Crippen LogP contribution in [0.25, 0.3) is 0 Å². The molecular weight excluding hydrogens is 400 g/mol. The van der Waals surface area contributed by atoms with Crippen molar-refractivity contribution in [3.8, 4) is 5.75 Å². The Bertz CT molecular complexity index is 931. The van der Waals surface area contributed by atoms with Crippen molar-refractivity contribution >= 4 is 33.2 Å². The van der Waals surface area contributed by atoms with Crippen molar-refractivity contribution in [2.45, 2.75) is 39.5 Å². The maximum Gasteiger partial charge on any atom is 0.243 e. The summed E-state index contributed by atoms with van der Waals surface area (Å²) in [5, 5.41) is 3.17. The fourth-order valence-electron chi connectivity index (χ4n) is 2.76. The van der Waals surface area contributed by atoms with Crippen LogP contribution < -0.4 is 14.4 Å². The molecule has 0 aliphatic carbocycles. The SMILES string of the molecule is CC(C)Oc1cccc(CNC(=O)[C@H](C)N(c2cccc(Cl)c2)S(C)(=O)=O)c1. The highest BCUT2D eigenvalue weighted by Crippen LogP contribution is 2.24. The molecule has 1 N–H and O–H groups in total. The Balaban J connectivity index is 2.13. The van der Waals surface area contributed by atoms with E-state index in [0.29, 0.717) is 16.5 Å². The average Bonchev–Trinajstić information content (AvgIpc) is 2.58. The first-order valence-electron chi connectivity index (χ1n) is 8.86. The Hall–Kier alpha value is -2.25. The minimum atomic E-state index is -3.69. The molecule has 0 aliphatic heterocycles. The fraction of sp³-hybridized carbons (Fsp3) is 0.350. The zero-order valence-corrected chi connectivity index (χ0v) is 17.9. The quantitative estimate of drug-likeness (QED) is 0.702. The molecule has 2 aromatic carbocycles. The van der Waals surface area contributed by atoms with E-state index in [0.717, 1.165) is 16.1 Å². The molecule has 152 valence electrons. The second-order valence-electron chi connectivity index (χ2n) is 6.75. The summed E-state index contributed by atoms with van der Waals surface area (Å²) in [6.07, 6.45) is 1.11. The van der Waals surface area contributed by atoms with Gasteiger partial charge in [0.15, 0.2) is 0 Å². The van der Waals surface area contributed by atoms with Gasteiger partial charge >= 0.3 is 0 Å². The lowest BCUT2D eigenvalue weighted by Crippen LogP contribution is -2.47. The van der Waals surface area contributed by atoms with Crippen molar-refractivity contribution in [2.75, 3.05) is 10.6 Å². The van der Waals surface area contributed by atoms with E-state index < -0.39 is 22.0 Å². The molecule has 1 atom stereocenters. The van der Waals surface area contributed by atoms with Gasteiger partial charge in [0.1, 0.15) is 11.8 Å². The zero-order valence-electron chi connectivity index (χ0n) is 16.3. The summed E-state index contributed by atoms with van der Waals surface area (Å²) in [6, 6.07) is 12.9. The molecule has 0 aromatic heterocycles. The minimum Gasteiger partial charge on any atom is -0.491 e. The molecule has 0 unspecified atom stereocenters. The number of amides is 1. The Morgan fingerprint density at radius 1 is 1.14 bits per heavy atom. The van der Waals surface area contributed by atoms with E-state index in [1.54, 1.807) is 18.2 Å². The number of rotatable bonds is 8. The van der Waals surface area contributed by atoms with Crippen LogP contribution in [0.1, 0.15) is 26.3 Å². The molecule has 0 spiro atoms. The number of halogens is 1. The summed E-state index contributed by atoms with van der Waals surface area (Å²) in [5.74, 6) is 0.298. The molecule has 6 nitrogen and oxygen atoms in total. The third-order valence-electron chi connectivity index (χ3n) is 3.89. The van der Waals surface area contributed by atoms with Crippen LogP contribution in [-0.4, -0.2) is 32.7 Å². The predicted molar refractivity (Wildman–Crippen MR) is 112 cm³/mol. The summed E-state index contributed by atoms with van der Waals surface area (Å²) in [5.41, 5.74) is 1.19. The number of nitrogens with one attached hydrogen (secondary N) is 1. The molecule has 0 radical (unpaired) electrons. The summed E-state index contributed by atoms with van der Waals surface area (Å²) in [6.45, 7) is 5.67. The lowest BCUT2D eigenvalue weighted by Gasteiger charge is -2.28. The van der Waals surface area contributed by atoms with Gasteiger partial charge in [-0.25, -0.2) is 8.42 Å². The highest BCUT2D eigenvalue weighted by atomic mass is 35.5. The molecule has 0 heterocycles. The fourth-order valence-corrected chi connectivity index (χ4v) is 4.11. The van der Waals surface area contributed by atoms with Crippen LogP contribution in [0, 0.1) is 0 Å². The van der Waals surface area contributed by atoms with Gasteiger partial charge in [-0.05, 0) is 56.7 Å². The van der Waals surface area contributed by atoms with Crippen LogP contribution in [0.3, 0.4) is 0 Å². The Kier molecular flexibility index (Phi) is 7.32. The van der Waals surface area contributed by atoms with Crippen molar-refractivity contribution < 1.29 is 17.9 Å². The molecule has 0 bridgehead atoms. The molecule has 0 fully saturated rings. The topological polar surface area (TPSA) is 75.7 Å². The van der Waals surface area contributed by atoms with Crippen molar-refractivity contribution in [1.82, 2.24) is 5.32 Å². The molecule has 0 saturated carbocycles. The molecular formula is C20H25ClN2O4S. The van der Waals surface area contributed by atoms with Gasteiger partial charge in [0.2, 0.25) is 15.9 Å². The van der Waals surface area contributed by atoms with Gasteiger partial charge in [0.05, 0.1) is 18.0 Å². The number of ether oxygens (including phenoxy) is 1. The maximum absolute atomic E-state index is 12.6. The third kappa shape index (κ3) is 6.14. The van der Waals surface area contributed by atoms with Gasteiger partial charge in [0, 0.05) is 11.6 Å². The van der Waals surface area contributed by atoms with Gasteiger partial charge in [-0.2, -0.15) is 0 Å². The Morgan fingerprint density at radius 2 is 1.82 bits per heavy atom. The summed E-state index contributed by atoms with van der Waals surface area (Å²) < 4.78 is 31.3. The van der Waals surface area contributed by atoms with Crippen LogP contribution in [0.4, 0.5) is 5.69 Å². The molecule has 8 heteroatoms. The largest absolute Gasteiger partial charge is 0.491 e. The number of benzene rings is 2. The van der Waals surface area contributed by atoms with Crippen molar-refractivity contribution in [3.05, 3.63) is 59.1 Å². The van der Waals surface area contributed by atoms with E-state index in [4.69, 9.17) is 16.3 Å². The highest BCUT2D eigenvalue weighted by Gasteiger charge is 2.29. The van der Waals surface area contributed by atoms with Crippen molar-refractivity contribution in [3.63, 3.8) is 0 Å². The number of anilines is 1. The second kappa shape index (κ2) is 9.30. The Labute approximate surface area is 171 Å². The number of carbonyl (C=O) groups is 1. The molecule has 0 saturated heterocycles. The van der Waals surface area contributed by atoms with E-state index in [-0.39, 0.29) is 12.6 Å². The van der Waals surface area contributed by atoms with Gasteiger partial charge in [-0.1, -0.05) is 29.8 Å². The third-order valence-corrected chi connectivity index (χ3v) is 5.36. The molecule has 0 aliphatic rings. The minimum absolute atomic E-state index is 0.0471. The Morgan fingerprint density at radius 3 is 2.43 bits per heavy atom. The predicted octanol–water partition coefficient (Wildman–Crippen LogP) is 3.60. The summed E-state index contributed by atoms with van der Waals surface area (Å²) >= 11 is 5.98. The van der Waals surface area contributed by atoms with Crippen LogP contribution >= 0.6 is 11.6 Å². The van der Waals surface area contributed by atoms with Gasteiger partial charge in [0.25, 0.3) is 0 Å². The monoisotopic (exact) mass is 424 g/mol. The lowest BCUT2D eigenvalue weighted by atomic mass is 10.2. The van der Waals surface area contributed by atoms with Gasteiger partial charge < -0.3 is 10.1 Å². The number of nitrogens with zero attached hydrogens (tertiary/aromatic N) is 1. The van der Waals surface area contributed by atoms with Gasteiger partial charge in [-0.15, -0.1) is 0 Å². The van der Waals surface area contributed by atoms with Crippen molar-refractivity contribution in [2.24, 2.45) is 0 Å². The first-order valence-corrected chi connectivity index (χ1v) is 11.1. The smallest absolute Gasteiger partial charge is 0.243 e. The first-order chi connectivity index (χ1) is 13.1. The summed E-state index contributed by atoms with van der Waals surface area (Å²) in [4.78, 5) is 12.6. The number of carbonyl (C=O) groups excluding carboxylic acids is 1. The van der Waals surface area contributed by atoms with E-state index in [1.165, 1.54) is 13.0 Å². The number of sulfonamides is 1. The van der Waals surface area contributed by atoms with E-state index in [9.17, 15) is 13.2 Å². The van der Waals surface area contributed by atoms with Crippen LogP contribution in [-0.2, 0) is 21.4 Å². The number of hydrogen-bond acceptors (Lipinski definition) is 4. The van der Waals surface area contributed by atoms with E-state index >= 15 is 0 Å². The van der Waals surface area contributed by atoms with E-state index in [1.807, 2.05) is 38.1 Å². The maximum atomic E-state index is 12.6. The zero-order chi connectivity index (χ0) is 20.9. The van der Waals surface area contributed by atoms with Gasteiger partial charge in [-0.3, -0.25) is 9.10 Å². The highest BCUT2D eigenvalue weighted by molar-refractivity contribution is 7.92. The first kappa shape index (κ1) is 22.0. The van der Waals surface area contributed by atoms with Crippen LogP contribution in [0.2, 0.25) is 5.02 Å². The number of hydrogen-bond donors (Lipinski definition) is 1. The average molecular weight is 425 g/mol. The normalized spacial score (nSPS) is 12.5.